The maximum atomic E-state index is 11.3. The lowest BCUT2D eigenvalue weighted by Gasteiger charge is -2.30. The van der Waals surface area contributed by atoms with Crippen molar-refractivity contribution in [1.29, 1.82) is 0 Å². The Labute approximate surface area is 120 Å². The van der Waals surface area contributed by atoms with Gasteiger partial charge in [0.05, 0.1) is 6.10 Å². The Balaban J connectivity index is 1.76. The molecule has 1 aliphatic heterocycles. The van der Waals surface area contributed by atoms with Gasteiger partial charge >= 0.3 is 6.03 Å². The average molecular weight is 277 g/mol. The first-order valence-corrected chi connectivity index (χ1v) is 7.18. The van der Waals surface area contributed by atoms with Gasteiger partial charge < -0.3 is 15.7 Å². The predicted molar refractivity (Wildman–Crippen MR) is 78.5 cm³/mol. The van der Waals surface area contributed by atoms with Gasteiger partial charge in [0, 0.05) is 32.7 Å². The van der Waals surface area contributed by atoms with Gasteiger partial charge in [-0.3, -0.25) is 4.90 Å². The molecule has 1 aromatic carbocycles. The molecule has 0 aromatic heterocycles. The minimum Gasteiger partial charge on any atom is -0.390 e. The third kappa shape index (κ3) is 4.21. The summed E-state index contributed by atoms with van der Waals surface area (Å²) >= 11 is 0. The van der Waals surface area contributed by atoms with E-state index in [1.54, 1.807) is 0 Å². The number of nitrogens with one attached hydrogen (secondary N) is 2. The number of aliphatic hydroxyl groups excluding tert-OH is 1. The van der Waals surface area contributed by atoms with E-state index in [1.807, 2.05) is 6.92 Å². The summed E-state index contributed by atoms with van der Waals surface area (Å²) in [6, 6.07) is 8.20. The summed E-state index contributed by atoms with van der Waals surface area (Å²) in [7, 11) is 0. The Morgan fingerprint density at radius 3 is 2.85 bits per heavy atom. The molecule has 0 bridgehead atoms. The number of β-amino-alcohol motifs (C(OH)–C–C–N with tert-alkyl or cyclic N) is 1. The molecule has 1 aromatic rings. The van der Waals surface area contributed by atoms with Crippen molar-refractivity contribution in [3.8, 4) is 0 Å². The van der Waals surface area contributed by atoms with Crippen LogP contribution in [0.4, 0.5) is 4.79 Å². The van der Waals surface area contributed by atoms with E-state index in [1.165, 1.54) is 11.1 Å². The van der Waals surface area contributed by atoms with Gasteiger partial charge in [0.2, 0.25) is 0 Å². The molecule has 20 heavy (non-hydrogen) atoms. The van der Waals surface area contributed by atoms with Crippen LogP contribution in [0.1, 0.15) is 18.1 Å². The highest BCUT2D eigenvalue weighted by molar-refractivity contribution is 5.73. The van der Waals surface area contributed by atoms with Crippen molar-refractivity contribution >= 4 is 6.03 Å². The molecule has 0 saturated carbocycles. The molecule has 0 aliphatic carbocycles. The second kappa shape index (κ2) is 7.26. The van der Waals surface area contributed by atoms with E-state index in [-0.39, 0.29) is 12.6 Å². The van der Waals surface area contributed by atoms with Gasteiger partial charge in [0.25, 0.3) is 0 Å². The van der Waals surface area contributed by atoms with E-state index in [2.05, 4.69) is 39.8 Å². The quantitative estimate of drug-likeness (QED) is 0.743. The number of fused-ring (bicyclic) bond motifs is 1. The highest BCUT2D eigenvalue weighted by Crippen LogP contribution is 2.18. The topological polar surface area (TPSA) is 64.6 Å². The van der Waals surface area contributed by atoms with Crippen LogP contribution < -0.4 is 10.6 Å². The fraction of sp³-hybridized carbons (Fsp3) is 0.533. The van der Waals surface area contributed by atoms with Crippen LogP contribution in [0.3, 0.4) is 0 Å². The van der Waals surface area contributed by atoms with Crippen molar-refractivity contribution in [2.24, 2.45) is 0 Å². The van der Waals surface area contributed by atoms with Gasteiger partial charge in [0.1, 0.15) is 0 Å². The molecule has 1 heterocycles. The van der Waals surface area contributed by atoms with E-state index < -0.39 is 6.10 Å². The van der Waals surface area contributed by atoms with Crippen LogP contribution in [0, 0.1) is 0 Å². The summed E-state index contributed by atoms with van der Waals surface area (Å²) in [5.41, 5.74) is 2.74. The summed E-state index contributed by atoms with van der Waals surface area (Å²) < 4.78 is 0. The summed E-state index contributed by atoms with van der Waals surface area (Å²) in [6.07, 6.45) is 0.481. The number of carbonyl (C=O) groups is 1. The zero-order chi connectivity index (χ0) is 14.4. The minimum atomic E-state index is -0.539. The molecule has 110 valence electrons. The number of benzene rings is 1. The van der Waals surface area contributed by atoms with Crippen LogP contribution in [0.15, 0.2) is 24.3 Å². The SMILES string of the molecule is CCNC(=O)NCC(O)CN1CCc2ccccc2C1. The zero-order valence-corrected chi connectivity index (χ0v) is 11.9. The smallest absolute Gasteiger partial charge is 0.314 e. The maximum absolute atomic E-state index is 11.3. The molecule has 1 unspecified atom stereocenters. The lowest BCUT2D eigenvalue weighted by molar-refractivity contribution is 0.106. The molecule has 0 saturated heterocycles. The largest absolute Gasteiger partial charge is 0.390 e. The third-order valence-corrected chi connectivity index (χ3v) is 3.51. The van der Waals surface area contributed by atoms with Crippen molar-refractivity contribution in [1.82, 2.24) is 15.5 Å². The molecule has 0 spiro atoms. The van der Waals surface area contributed by atoms with Crippen LogP contribution in [-0.4, -0.2) is 48.3 Å². The highest BCUT2D eigenvalue weighted by atomic mass is 16.3. The Bertz CT molecular complexity index is 450. The molecule has 1 aliphatic rings. The number of urea groups is 1. The van der Waals surface area contributed by atoms with E-state index >= 15 is 0 Å². The van der Waals surface area contributed by atoms with Crippen molar-refractivity contribution in [2.75, 3.05) is 26.2 Å². The van der Waals surface area contributed by atoms with Crippen LogP contribution in [0.25, 0.3) is 0 Å². The lowest BCUT2D eigenvalue weighted by Crippen LogP contribution is -2.44. The number of rotatable bonds is 5. The molecular weight excluding hydrogens is 254 g/mol. The number of carbonyl (C=O) groups excluding carboxylic acids is 1. The van der Waals surface area contributed by atoms with Gasteiger partial charge in [-0.15, -0.1) is 0 Å². The zero-order valence-electron chi connectivity index (χ0n) is 11.9. The summed E-state index contributed by atoms with van der Waals surface area (Å²) in [5, 5.41) is 15.3. The maximum Gasteiger partial charge on any atom is 0.314 e. The van der Waals surface area contributed by atoms with Crippen molar-refractivity contribution in [2.45, 2.75) is 26.0 Å². The fourth-order valence-corrected chi connectivity index (χ4v) is 2.51. The normalized spacial score (nSPS) is 16.3. The molecule has 2 rings (SSSR count). The van der Waals surface area contributed by atoms with Crippen molar-refractivity contribution in [3.63, 3.8) is 0 Å². The molecule has 2 amide bonds. The fourth-order valence-electron chi connectivity index (χ4n) is 2.51. The number of hydrogen-bond donors (Lipinski definition) is 3. The van der Waals surface area contributed by atoms with Crippen LogP contribution in [-0.2, 0) is 13.0 Å². The Hall–Kier alpha value is -1.59. The standard InChI is InChI=1S/C15H23N3O2/c1-2-16-15(20)17-9-14(19)11-18-8-7-12-5-3-4-6-13(12)10-18/h3-6,14,19H,2,7-11H2,1H3,(H2,16,17,20). The van der Waals surface area contributed by atoms with E-state index in [0.717, 1.165) is 19.5 Å². The number of amides is 2. The summed E-state index contributed by atoms with van der Waals surface area (Å²) in [4.78, 5) is 13.5. The minimum absolute atomic E-state index is 0.226. The summed E-state index contributed by atoms with van der Waals surface area (Å²) in [6.45, 7) is 5.14. The first-order chi connectivity index (χ1) is 9.69. The Morgan fingerprint density at radius 1 is 1.35 bits per heavy atom. The molecule has 5 nitrogen and oxygen atoms in total. The van der Waals surface area contributed by atoms with Gasteiger partial charge in [-0.05, 0) is 24.5 Å². The molecule has 0 fully saturated rings. The molecule has 1 atom stereocenters. The van der Waals surface area contributed by atoms with Gasteiger partial charge in [-0.25, -0.2) is 4.79 Å². The third-order valence-electron chi connectivity index (χ3n) is 3.51. The second-order valence-corrected chi connectivity index (χ2v) is 5.15. The van der Waals surface area contributed by atoms with Crippen LogP contribution in [0.5, 0.6) is 0 Å². The highest BCUT2D eigenvalue weighted by Gasteiger charge is 2.18. The molecule has 3 N–H and O–H groups in total. The van der Waals surface area contributed by atoms with Crippen molar-refractivity contribution < 1.29 is 9.90 Å². The van der Waals surface area contributed by atoms with E-state index in [9.17, 15) is 9.90 Å². The van der Waals surface area contributed by atoms with Gasteiger partial charge in [-0.1, -0.05) is 24.3 Å². The number of nitrogens with zero attached hydrogens (tertiary/aromatic N) is 1. The Morgan fingerprint density at radius 2 is 2.10 bits per heavy atom. The molecule has 5 heteroatoms. The second-order valence-electron chi connectivity index (χ2n) is 5.15. The van der Waals surface area contributed by atoms with Crippen molar-refractivity contribution in [3.05, 3.63) is 35.4 Å². The first-order valence-electron chi connectivity index (χ1n) is 7.18. The number of hydrogen-bond acceptors (Lipinski definition) is 3. The molecular formula is C15H23N3O2. The Kier molecular flexibility index (Phi) is 5.38. The number of aliphatic hydroxyl groups is 1. The van der Waals surface area contributed by atoms with Crippen LogP contribution in [0.2, 0.25) is 0 Å². The van der Waals surface area contributed by atoms with Gasteiger partial charge in [-0.2, -0.15) is 0 Å². The van der Waals surface area contributed by atoms with Gasteiger partial charge in [0.15, 0.2) is 0 Å². The average Bonchev–Trinajstić information content (AvgIpc) is 2.45. The summed E-state index contributed by atoms with van der Waals surface area (Å²) in [5.74, 6) is 0. The van der Waals surface area contributed by atoms with E-state index in [0.29, 0.717) is 13.1 Å². The lowest BCUT2D eigenvalue weighted by atomic mass is 10.00. The predicted octanol–water partition coefficient (Wildman–Crippen LogP) is 0.725. The monoisotopic (exact) mass is 277 g/mol. The molecule has 0 radical (unpaired) electrons. The first kappa shape index (κ1) is 14.8. The van der Waals surface area contributed by atoms with Crippen LogP contribution >= 0.6 is 0 Å². The van der Waals surface area contributed by atoms with E-state index in [4.69, 9.17) is 0 Å².